The summed E-state index contributed by atoms with van der Waals surface area (Å²) < 4.78 is 11.5. The van der Waals surface area contributed by atoms with E-state index in [0.717, 1.165) is 19.6 Å². The normalized spacial score (nSPS) is 42.9. The first kappa shape index (κ1) is 12.5. The van der Waals surface area contributed by atoms with E-state index in [-0.39, 0.29) is 11.7 Å². The molecule has 2 saturated carbocycles. The third kappa shape index (κ3) is 2.31. The Labute approximate surface area is 110 Å². The minimum Gasteiger partial charge on any atom is -0.353 e. The van der Waals surface area contributed by atoms with Crippen LogP contribution in [0.15, 0.2) is 0 Å². The van der Waals surface area contributed by atoms with Crippen molar-refractivity contribution in [1.29, 1.82) is 0 Å². The van der Waals surface area contributed by atoms with Crippen LogP contribution in [-0.4, -0.2) is 19.5 Å². The van der Waals surface area contributed by atoms with Gasteiger partial charge in [-0.2, -0.15) is 0 Å². The minimum absolute atomic E-state index is 0.0651. The largest absolute Gasteiger partial charge is 0.353 e. The number of ether oxygens (including phenoxy) is 2. The van der Waals surface area contributed by atoms with E-state index in [9.17, 15) is 0 Å². The van der Waals surface area contributed by atoms with Crippen molar-refractivity contribution in [3.63, 3.8) is 0 Å². The first-order valence-electron chi connectivity index (χ1n) is 7.47. The molecular weight excluding hydrogens is 224 g/mol. The lowest BCUT2D eigenvalue weighted by Gasteiger charge is -2.28. The van der Waals surface area contributed by atoms with Crippen molar-refractivity contribution in [2.75, 3.05) is 13.2 Å². The fourth-order valence-electron chi connectivity index (χ4n) is 4.11. The second-order valence-electron chi connectivity index (χ2n) is 6.52. The number of terminal acetylenes is 1. The first-order valence-corrected chi connectivity index (χ1v) is 7.47. The van der Waals surface area contributed by atoms with E-state index in [4.69, 9.17) is 15.9 Å². The molecule has 0 radical (unpaired) electrons. The third-order valence-electron chi connectivity index (χ3n) is 5.36. The van der Waals surface area contributed by atoms with Crippen molar-refractivity contribution >= 4 is 0 Å². The van der Waals surface area contributed by atoms with Gasteiger partial charge in [0, 0.05) is 12.0 Å². The van der Waals surface area contributed by atoms with Crippen LogP contribution in [0, 0.1) is 23.2 Å². The van der Waals surface area contributed by atoms with E-state index < -0.39 is 0 Å². The van der Waals surface area contributed by atoms with Gasteiger partial charge in [-0.1, -0.05) is 5.92 Å². The number of hydrogen-bond acceptors (Lipinski definition) is 2. The zero-order valence-electron chi connectivity index (χ0n) is 11.2. The summed E-state index contributed by atoms with van der Waals surface area (Å²) in [5.41, 5.74) is 0.752. The molecule has 1 saturated heterocycles. The fourth-order valence-corrected chi connectivity index (χ4v) is 4.11. The summed E-state index contributed by atoms with van der Waals surface area (Å²) in [6, 6.07) is 0. The van der Waals surface area contributed by atoms with Crippen molar-refractivity contribution in [2.45, 2.75) is 64.1 Å². The van der Waals surface area contributed by atoms with Gasteiger partial charge >= 0.3 is 0 Å². The molecule has 3 aliphatic rings. The van der Waals surface area contributed by atoms with E-state index in [1.165, 1.54) is 51.4 Å². The van der Waals surface area contributed by atoms with E-state index in [1.807, 2.05) is 0 Å². The highest BCUT2D eigenvalue weighted by Crippen LogP contribution is 2.62. The summed E-state index contributed by atoms with van der Waals surface area (Å²) in [5.74, 6) is 3.07. The SMILES string of the molecule is C#CC12CCC(CCOC3CCCCO3)(CC1)C2. The van der Waals surface area contributed by atoms with Gasteiger partial charge in [0.2, 0.25) is 0 Å². The molecule has 18 heavy (non-hydrogen) atoms. The van der Waals surface area contributed by atoms with E-state index in [2.05, 4.69) is 5.92 Å². The summed E-state index contributed by atoms with van der Waals surface area (Å²) in [6.07, 6.45) is 16.8. The number of rotatable bonds is 4. The zero-order valence-corrected chi connectivity index (χ0v) is 11.2. The molecule has 0 spiro atoms. The molecule has 3 fully saturated rings. The molecule has 0 aromatic heterocycles. The average molecular weight is 248 g/mol. The van der Waals surface area contributed by atoms with Gasteiger partial charge in [-0.05, 0) is 63.2 Å². The van der Waals surface area contributed by atoms with Crippen molar-refractivity contribution in [2.24, 2.45) is 10.8 Å². The maximum absolute atomic E-state index is 5.88. The Hall–Kier alpha value is -0.520. The summed E-state index contributed by atoms with van der Waals surface area (Å²) in [4.78, 5) is 0. The van der Waals surface area contributed by atoms with Crippen LogP contribution >= 0.6 is 0 Å². The van der Waals surface area contributed by atoms with Gasteiger partial charge in [0.1, 0.15) is 0 Å². The highest BCUT2D eigenvalue weighted by atomic mass is 16.7. The van der Waals surface area contributed by atoms with Gasteiger partial charge in [-0.15, -0.1) is 6.42 Å². The predicted octanol–water partition coefficient (Wildman–Crippen LogP) is 3.50. The van der Waals surface area contributed by atoms with E-state index >= 15 is 0 Å². The van der Waals surface area contributed by atoms with Crippen LogP contribution < -0.4 is 0 Å². The van der Waals surface area contributed by atoms with Gasteiger partial charge in [0.15, 0.2) is 6.29 Å². The smallest absolute Gasteiger partial charge is 0.157 e. The second kappa shape index (κ2) is 4.87. The van der Waals surface area contributed by atoms with Crippen molar-refractivity contribution in [3.05, 3.63) is 0 Å². The van der Waals surface area contributed by atoms with E-state index in [0.29, 0.717) is 5.41 Å². The molecule has 1 unspecified atom stereocenters. The Morgan fingerprint density at radius 3 is 2.67 bits per heavy atom. The quantitative estimate of drug-likeness (QED) is 0.709. The maximum atomic E-state index is 5.88. The molecule has 0 N–H and O–H groups in total. The Morgan fingerprint density at radius 2 is 2.06 bits per heavy atom. The van der Waals surface area contributed by atoms with Crippen LogP contribution in [0.3, 0.4) is 0 Å². The molecule has 0 amide bonds. The molecule has 1 heterocycles. The van der Waals surface area contributed by atoms with E-state index in [1.54, 1.807) is 0 Å². The Bertz CT molecular complexity index is 327. The third-order valence-corrected chi connectivity index (χ3v) is 5.36. The van der Waals surface area contributed by atoms with Crippen molar-refractivity contribution in [1.82, 2.24) is 0 Å². The van der Waals surface area contributed by atoms with Gasteiger partial charge < -0.3 is 9.47 Å². The maximum Gasteiger partial charge on any atom is 0.157 e. The molecule has 2 nitrogen and oxygen atoms in total. The van der Waals surface area contributed by atoms with Crippen molar-refractivity contribution < 1.29 is 9.47 Å². The summed E-state index contributed by atoms with van der Waals surface area (Å²) >= 11 is 0. The summed E-state index contributed by atoms with van der Waals surface area (Å²) in [5, 5.41) is 0. The molecule has 0 aromatic rings. The second-order valence-corrected chi connectivity index (χ2v) is 6.52. The van der Waals surface area contributed by atoms with Crippen LogP contribution in [0.1, 0.15) is 57.8 Å². The molecule has 3 rings (SSSR count). The van der Waals surface area contributed by atoms with Crippen LogP contribution in [0.25, 0.3) is 0 Å². The molecule has 2 aliphatic carbocycles. The van der Waals surface area contributed by atoms with Gasteiger partial charge in [0.05, 0.1) is 6.61 Å². The molecule has 2 bridgehead atoms. The van der Waals surface area contributed by atoms with Gasteiger partial charge in [-0.25, -0.2) is 0 Å². The fraction of sp³-hybridized carbons (Fsp3) is 0.875. The molecule has 1 atom stereocenters. The number of fused-ring (bicyclic) bond motifs is 2. The molecule has 100 valence electrons. The monoisotopic (exact) mass is 248 g/mol. The van der Waals surface area contributed by atoms with Crippen LogP contribution in [0.5, 0.6) is 0 Å². The van der Waals surface area contributed by atoms with Gasteiger partial charge in [0.25, 0.3) is 0 Å². The van der Waals surface area contributed by atoms with Crippen molar-refractivity contribution in [3.8, 4) is 12.3 Å². The lowest BCUT2D eigenvalue weighted by atomic mass is 9.80. The molecular formula is C16H24O2. The summed E-state index contributed by atoms with van der Waals surface area (Å²) in [7, 11) is 0. The predicted molar refractivity (Wildman–Crippen MR) is 70.9 cm³/mol. The lowest BCUT2D eigenvalue weighted by molar-refractivity contribution is -0.166. The standard InChI is InChI=1S/C16H24O2/c1-2-15-6-8-16(13-15,9-7-15)10-12-18-14-5-3-4-11-17-14/h1,14H,3-13H2. The van der Waals surface area contributed by atoms with Crippen LogP contribution in [0.4, 0.5) is 0 Å². The number of hydrogen-bond donors (Lipinski definition) is 0. The van der Waals surface area contributed by atoms with Gasteiger partial charge in [-0.3, -0.25) is 0 Å². The van der Waals surface area contributed by atoms with Crippen LogP contribution in [-0.2, 0) is 9.47 Å². The Balaban J connectivity index is 1.45. The minimum atomic E-state index is 0.0651. The molecule has 1 aliphatic heterocycles. The Kier molecular flexibility index (Phi) is 3.38. The zero-order chi connectivity index (χ0) is 12.5. The summed E-state index contributed by atoms with van der Waals surface area (Å²) in [6.45, 7) is 1.72. The first-order chi connectivity index (χ1) is 8.76. The topological polar surface area (TPSA) is 18.5 Å². The lowest BCUT2D eigenvalue weighted by Crippen LogP contribution is -2.25. The van der Waals surface area contributed by atoms with Crippen LogP contribution in [0.2, 0.25) is 0 Å². The average Bonchev–Trinajstić information content (AvgIpc) is 2.97. The molecule has 0 aromatic carbocycles. The molecule has 2 heteroatoms. The highest BCUT2D eigenvalue weighted by molar-refractivity contribution is 5.17. The highest BCUT2D eigenvalue weighted by Gasteiger charge is 2.52. The Morgan fingerprint density at radius 1 is 1.22 bits per heavy atom.